The van der Waals surface area contributed by atoms with E-state index < -0.39 is 0 Å². The third-order valence-electron chi connectivity index (χ3n) is 2.51. The normalized spacial score (nSPS) is 18.1. The largest absolute Gasteiger partial charge is 0.339 e. The summed E-state index contributed by atoms with van der Waals surface area (Å²) in [7, 11) is 1.90. The highest BCUT2D eigenvalue weighted by Crippen LogP contribution is 2.11. The van der Waals surface area contributed by atoms with Gasteiger partial charge in [-0.15, -0.1) is 0 Å². The molecule has 0 radical (unpaired) electrons. The zero-order chi connectivity index (χ0) is 10.4. The third-order valence-corrected chi connectivity index (χ3v) is 2.51. The number of nitrogens with zero attached hydrogens (tertiary/aromatic N) is 1. The standard InChI is InChI=1S/C11H20N2O/c1-10(8-12-2)9-13-7-5-3-4-6-11(13)14/h12H,1,3-9H2,2H3. The third kappa shape index (κ3) is 3.50. The number of hydrogen-bond acceptors (Lipinski definition) is 2. The first-order chi connectivity index (χ1) is 6.74. The van der Waals surface area contributed by atoms with Crippen LogP contribution in [0.4, 0.5) is 0 Å². The summed E-state index contributed by atoms with van der Waals surface area (Å²) in [6.07, 6.45) is 4.08. The Morgan fingerprint density at radius 2 is 2.29 bits per heavy atom. The molecule has 0 spiro atoms. The highest BCUT2D eigenvalue weighted by Gasteiger charge is 2.16. The van der Waals surface area contributed by atoms with Crippen LogP contribution in [-0.4, -0.2) is 37.5 Å². The van der Waals surface area contributed by atoms with E-state index in [1.807, 2.05) is 11.9 Å². The molecule has 0 atom stereocenters. The Morgan fingerprint density at radius 1 is 1.50 bits per heavy atom. The molecule has 0 aromatic rings. The molecule has 1 fully saturated rings. The van der Waals surface area contributed by atoms with Gasteiger partial charge in [-0.2, -0.15) is 0 Å². The Balaban J connectivity index is 2.40. The number of likely N-dealkylation sites (N-methyl/N-ethyl adjacent to an activating group) is 1. The summed E-state index contributed by atoms with van der Waals surface area (Å²) in [4.78, 5) is 13.6. The molecule has 0 saturated carbocycles. The molecule has 1 amide bonds. The Bertz CT molecular complexity index is 213. The van der Waals surface area contributed by atoms with Crippen molar-refractivity contribution in [1.29, 1.82) is 0 Å². The summed E-state index contributed by atoms with van der Waals surface area (Å²) in [6.45, 7) is 6.37. The van der Waals surface area contributed by atoms with Crippen molar-refractivity contribution in [1.82, 2.24) is 10.2 Å². The number of amides is 1. The van der Waals surface area contributed by atoms with E-state index in [4.69, 9.17) is 0 Å². The van der Waals surface area contributed by atoms with Crippen molar-refractivity contribution >= 4 is 5.91 Å². The van der Waals surface area contributed by atoms with Crippen molar-refractivity contribution in [2.45, 2.75) is 25.7 Å². The summed E-state index contributed by atoms with van der Waals surface area (Å²) < 4.78 is 0. The molecule has 1 saturated heterocycles. The fourth-order valence-corrected chi connectivity index (χ4v) is 1.78. The lowest BCUT2D eigenvalue weighted by atomic mass is 10.2. The quantitative estimate of drug-likeness (QED) is 0.684. The van der Waals surface area contributed by atoms with Crippen LogP contribution in [0.25, 0.3) is 0 Å². The van der Waals surface area contributed by atoms with Crippen LogP contribution >= 0.6 is 0 Å². The van der Waals surface area contributed by atoms with Gasteiger partial charge in [0.15, 0.2) is 0 Å². The minimum absolute atomic E-state index is 0.291. The van der Waals surface area contributed by atoms with E-state index in [-0.39, 0.29) is 0 Å². The molecule has 0 bridgehead atoms. The second-order valence-corrected chi connectivity index (χ2v) is 3.91. The maximum Gasteiger partial charge on any atom is 0.222 e. The van der Waals surface area contributed by atoms with Crippen LogP contribution in [0.15, 0.2) is 12.2 Å². The van der Waals surface area contributed by atoms with E-state index in [1.165, 1.54) is 6.42 Å². The molecule has 3 heteroatoms. The van der Waals surface area contributed by atoms with Crippen molar-refractivity contribution in [2.75, 3.05) is 26.7 Å². The van der Waals surface area contributed by atoms with Gasteiger partial charge in [0.05, 0.1) is 0 Å². The predicted octanol–water partition coefficient (Wildman–Crippen LogP) is 1.16. The fourth-order valence-electron chi connectivity index (χ4n) is 1.78. The number of likely N-dealkylation sites (tertiary alicyclic amines) is 1. The minimum atomic E-state index is 0.291. The van der Waals surface area contributed by atoms with E-state index in [2.05, 4.69) is 11.9 Å². The first-order valence-electron chi connectivity index (χ1n) is 5.33. The van der Waals surface area contributed by atoms with Crippen LogP contribution in [-0.2, 0) is 4.79 Å². The number of nitrogens with one attached hydrogen (secondary N) is 1. The molecule has 0 unspecified atom stereocenters. The van der Waals surface area contributed by atoms with Gasteiger partial charge in [-0.05, 0) is 25.5 Å². The molecule has 14 heavy (non-hydrogen) atoms. The van der Waals surface area contributed by atoms with Gasteiger partial charge >= 0.3 is 0 Å². The van der Waals surface area contributed by atoms with Crippen LogP contribution in [0.2, 0.25) is 0 Å². The number of carbonyl (C=O) groups is 1. The second-order valence-electron chi connectivity index (χ2n) is 3.91. The lowest BCUT2D eigenvalue weighted by Crippen LogP contribution is -2.33. The van der Waals surface area contributed by atoms with Crippen molar-refractivity contribution in [3.8, 4) is 0 Å². The molecule has 3 nitrogen and oxygen atoms in total. The van der Waals surface area contributed by atoms with Crippen molar-refractivity contribution in [2.24, 2.45) is 0 Å². The smallest absolute Gasteiger partial charge is 0.222 e. The van der Waals surface area contributed by atoms with Crippen LogP contribution in [0.5, 0.6) is 0 Å². The molecule has 1 N–H and O–H groups in total. The molecule has 0 aromatic carbocycles. The SMILES string of the molecule is C=C(CNC)CN1CCCCCC1=O. The van der Waals surface area contributed by atoms with Crippen molar-refractivity contribution < 1.29 is 4.79 Å². The summed E-state index contributed by atoms with van der Waals surface area (Å²) in [5.41, 5.74) is 1.09. The molecule has 80 valence electrons. The minimum Gasteiger partial charge on any atom is -0.339 e. The molecule has 0 aliphatic carbocycles. The predicted molar refractivity (Wildman–Crippen MR) is 58.1 cm³/mol. The Hall–Kier alpha value is -0.830. The van der Waals surface area contributed by atoms with Gasteiger partial charge in [0, 0.05) is 26.1 Å². The van der Waals surface area contributed by atoms with Crippen LogP contribution in [0.3, 0.4) is 0 Å². The van der Waals surface area contributed by atoms with Gasteiger partial charge in [-0.25, -0.2) is 0 Å². The van der Waals surface area contributed by atoms with Gasteiger partial charge < -0.3 is 10.2 Å². The summed E-state index contributed by atoms with van der Waals surface area (Å²) in [5.74, 6) is 0.291. The molecular weight excluding hydrogens is 176 g/mol. The molecule has 1 aliphatic heterocycles. The zero-order valence-electron chi connectivity index (χ0n) is 9.01. The Labute approximate surface area is 86.2 Å². The van der Waals surface area contributed by atoms with E-state index in [1.54, 1.807) is 0 Å². The van der Waals surface area contributed by atoms with Gasteiger partial charge in [0.1, 0.15) is 0 Å². The average molecular weight is 196 g/mol. The zero-order valence-corrected chi connectivity index (χ0v) is 9.01. The van der Waals surface area contributed by atoms with Gasteiger partial charge in [-0.3, -0.25) is 4.79 Å². The van der Waals surface area contributed by atoms with Crippen molar-refractivity contribution in [3.05, 3.63) is 12.2 Å². The lowest BCUT2D eigenvalue weighted by Gasteiger charge is -2.21. The van der Waals surface area contributed by atoms with Crippen molar-refractivity contribution in [3.63, 3.8) is 0 Å². The number of rotatable bonds is 4. The number of hydrogen-bond donors (Lipinski definition) is 1. The Kier molecular flexibility index (Phi) is 4.66. The molecule has 1 aliphatic rings. The first-order valence-corrected chi connectivity index (χ1v) is 5.33. The van der Waals surface area contributed by atoms with Crippen LogP contribution in [0.1, 0.15) is 25.7 Å². The summed E-state index contributed by atoms with van der Waals surface area (Å²) >= 11 is 0. The molecule has 0 aromatic heterocycles. The highest BCUT2D eigenvalue weighted by atomic mass is 16.2. The van der Waals surface area contributed by atoms with E-state index in [0.29, 0.717) is 12.3 Å². The average Bonchev–Trinajstić information content (AvgIpc) is 2.33. The van der Waals surface area contributed by atoms with E-state index >= 15 is 0 Å². The second kappa shape index (κ2) is 5.81. The maximum absolute atomic E-state index is 11.6. The van der Waals surface area contributed by atoms with Crippen LogP contribution < -0.4 is 5.32 Å². The Morgan fingerprint density at radius 3 is 3.00 bits per heavy atom. The number of carbonyl (C=O) groups excluding carboxylic acids is 1. The molecule has 1 rings (SSSR count). The van der Waals surface area contributed by atoms with Crippen LogP contribution in [0, 0.1) is 0 Å². The van der Waals surface area contributed by atoms with Gasteiger partial charge in [0.25, 0.3) is 0 Å². The summed E-state index contributed by atoms with van der Waals surface area (Å²) in [5, 5.41) is 3.05. The fraction of sp³-hybridized carbons (Fsp3) is 0.727. The first kappa shape index (κ1) is 11.2. The van der Waals surface area contributed by atoms with Gasteiger partial charge in [0.2, 0.25) is 5.91 Å². The lowest BCUT2D eigenvalue weighted by molar-refractivity contribution is -0.130. The topological polar surface area (TPSA) is 32.3 Å². The maximum atomic E-state index is 11.6. The van der Waals surface area contributed by atoms with E-state index in [9.17, 15) is 4.79 Å². The molecule has 1 heterocycles. The van der Waals surface area contributed by atoms with Gasteiger partial charge in [-0.1, -0.05) is 13.0 Å². The highest BCUT2D eigenvalue weighted by molar-refractivity contribution is 5.76. The molecular formula is C11H20N2O. The monoisotopic (exact) mass is 196 g/mol. The van der Waals surface area contributed by atoms with E-state index in [0.717, 1.165) is 38.0 Å². The summed E-state index contributed by atoms with van der Waals surface area (Å²) in [6, 6.07) is 0.